The quantitative estimate of drug-likeness (QED) is 0.266. The third-order valence-corrected chi connectivity index (χ3v) is 9.06. The number of aromatic nitrogens is 2. The molecule has 45 heavy (non-hydrogen) atoms. The minimum atomic E-state index is -4.86. The number of hydrogen-bond acceptors (Lipinski definition) is 5. The normalized spacial score (nSPS) is 17.0. The molecular weight excluding hydrogens is 612 g/mol. The second kappa shape index (κ2) is 12.2. The van der Waals surface area contributed by atoms with E-state index in [0.29, 0.717) is 43.1 Å². The van der Waals surface area contributed by atoms with E-state index in [0.717, 1.165) is 32.9 Å². The van der Waals surface area contributed by atoms with Gasteiger partial charge in [0.15, 0.2) is 0 Å². The van der Waals surface area contributed by atoms with Crippen molar-refractivity contribution in [1.29, 1.82) is 0 Å². The topological polar surface area (TPSA) is 82.5 Å². The van der Waals surface area contributed by atoms with Crippen LogP contribution in [0, 0.1) is 5.82 Å². The Kier molecular flexibility index (Phi) is 8.47. The van der Waals surface area contributed by atoms with E-state index in [1.54, 1.807) is 30.3 Å². The maximum absolute atomic E-state index is 15.0. The molecule has 0 radical (unpaired) electrons. The summed E-state index contributed by atoms with van der Waals surface area (Å²) in [5.41, 5.74) is 4.15. The number of hydrogen-bond donors (Lipinski definition) is 1. The van der Waals surface area contributed by atoms with Gasteiger partial charge in [0.05, 0.1) is 36.5 Å². The summed E-state index contributed by atoms with van der Waals surface area (Å²) in [6.07, 6.45) is -4.03. The third-order valence-electron chi connectivity index (χ3n) is 8.81. The molecule has 3 heterocycles. The Balaban J connectivity index is 1.41. The standard InChI is InChI=1S/C33H31ClF4N4O3/c34-23-11-9-21(10-12-23)17-40-15-13-32(14-16-40)29-28(20-45-32)41(18-24-25(33(36,37)38)7-4-8-26(24)35)31(44)42(30(29)43)19-27(39)22-5-2-1-3-6-22/h1-12,27H,13-20,39H2. The number of alkyl halides is 3. The highest BCUT2D eigenvalue weighted by molar-refractivity contribution is 6.30. The summed E-state index contributed by atoms with van der Waals surface area (Å²) in [6, 6.07) is 18.3. The van der Waals surface area contributed by atoms with Crippen LogP contribution in [0.15, 0.2) is 82.4 Å². The molecule has 0 bridgehead atoms. The number of halogens is 5. The molecular formula is C33H31ClF4N4O3. The Hall–Kier alpha value is -3.77. The van der Waals surface area contributed by atoms with E-state index < -0.39 is 52.6 Å². The van der Waals surface area contributed by atoms with Crippen molar-refractivity contribution in [2.75, 3.05) is 13.1 Å². The van der Waals surface area contributed by atoms with Crippen LogP contribution in [0.25, 0.3) is 0 Å². The Morgan fingerprint density at radius 3 is 2.27 bits per heavy atom. The summed E-state index contributed by atoms with van der Waals surface area (Å²) in [5.74, 6) is -1.10. The lowest BCUT2D eigenvalue weighted by Gasteiger charge is -2.39. The Morgan fingerprint density at radius 1 is 0.911 bits per heavy atom. The van der Waals surface area contributed by atoms with Crippen LogP contribution < -0.4 is 17.0 Å². The number of piperidine rings is 1. The molecule has 1 spiro atoms. The van der Waals surface area contributed by atoms with Crippen LogP contribution in [0.1, 0.15) is 52.4 Å². The molecule has 4 aromatic rings. The highest BCUT2D eigenvalue weighted by Gasteiger charge is 2.47. The minimum absolute atomic E-state index is 0.164. The largest absolute Gasteiger partial charge is 0.416 e. The van der Waals surface area contributed by atoms with Crippen molar-refractivity contribution >= 4 is 11.6 Å². The van der Waals surface area contributed by atoms with Gasteiger partial charge in [0.1, 0.15) is 11.4 Å². The first kappa shape index (κ1) is 31.2. The van der Waals surface area contributed by atoms with Crippen LogP contribution in [0.2, 0.25) is 5.02 Å². The van der Waals surface area contributed by atoms with Gasteiger partial charge in [0, 0.05) is 36.3 Å². The number of nitrogens with two attached hydrogens (primary N) is 1. The molecule has 1 aromatic heterocycles. The van der Waals surface area contributed by atoms with Gasteiger partial charge in [-0.15, -0.1) is 0 Å². The molecule has 2 aliphatic rings. The van der Waals surface area contributed by atoms with Crippen LogP contribution >= 0.6 is 11.6 Å². The number of nitrogens with zero attached hydrogens (tertiary/aromatic N) is 3. The predicted octanol–water partition coefficient (Wildman–Crippen LogP) is 5.59. The molecule has 1 saturated heterocycles. The van der Waals surface area contributed by atoms with Crippen LogP contribution in [-0.4, -0.2) is 27.1 Å². The van der Waals surface area contributed by atoms with Crippen molar-refractivity contribution < 1.29 is 22.3 Å². The van der Waals surface area contributed by atoms with E-state index in [9.17, 15) is 22.8 Å². The maximum Gasteiger partial charge on any atom is 0.416 e. The molecule has 6 rings (SSSR count). The van der Waals surface area contributed by atoms with Gasteiger partial charge in [0.25, 0.3) is 5.56 Å². The first-order chi connectivity index (χ1) is 21.5. The summed E-state index contributed by atoms with van der Waals surface area (Å²) in [5, 5.41) is 0.638. The summed E-state index contributed by atoms with van der Waals surface area (Å²) in [4.78, 5) is 30.3. The SMILES string of the molecule is NC(Cn1c(=O)c2c(n(Cc3c(F)cccc3C(F)(F)F)c1=O)COC21CCN(Cc2ccc(Cl)cc2)CC1)c1ccccc1. The van der Waals surface area contributed by atoms with Crippen molar-refractivity contribution in [1.82, 2.24) is 14.0 Å². The molecule has 3 aromatic carbocycles. The third kappa shape index (κ3) is 6.09. The van der Waals surface area contributed by atoms with Gasteiger partial charge in [-0.25, -0.2) is 9.18 Å². The van der Waals surface area contributed by atoms with Crippen LogP contribution in [-0.2, 0) is 42.8 Å². The number of ether oxygens (including phenoxy) is 1. The molecule has 7 nitrogen and oxygen atoms in total. The van der Waals surface area contributed by atoms with Gasteiger partial charge in [-0.2, -0.15) is 13.2 Å². The summed E-state index contributed by atoms with van der Waals surface area (Å²) >= 11 is 6.02. The van der Waals surface area contributed by atoms with Crippen LogP contribution in [0.5, 0.6) is 0 Å². The van der Waals surface area contributed by atoms with Crippen LogP contribution in [0.3, 0.4) is 0 Å². The number of likely N-dealkylation sites (tertiary alicyclic amines) is 1. The molecule has 1 unspecified atom stereocenters. The number of fused-ring (bicyclic) bond motifs is 2. The molecule has 2 aliphatic heterocycles. The van der Waals surface area contributed by atoms with Gasteiger partial charge in [-0.3, -0.25) is 18.8 Å². The van der Waals surface area contributed by atoms with Gasteiger partial charge in [-0.1, -0.05) is 60.1 Å². The van der Waals surface area contributed by atoms with Crippen molar-refractivity contribution in [3.63, 3.8) is 0 Å². The van der Waals surface area contributed by atoms with Crippen molar-refractivity contribution in [3.8, 4) is 0 Å². The summed E-state index contributed by atoms with van der Waals surface area (Å²) in [6.45, 7) is 0.663. The zero-order valence-corrected chi connectivity index (χ0v) is 25.0. The lowest BCUT2D eigenvalue weighted by molar-refractivity contribution is -0.138. The van der Waals surface area contributed by atoms with E-state index in [-0.39, 0.29) is 24.4 Å². The van der Waals surface area contributed by atoms with Crippen molar-refractivity contribution in [3.05, 3.63) is 138 Å². The number of benzene rings is 3. The zero-order valence-electron chi connectivity index (χ0n) is 24.2. The first-order valence-electron chi connectivity index (χ1n) is 14.6. The summed E-state index contributed by atoms with van der Waals surface area (Å²) in [7, 11) is 0. The average molecular weight is 643 g/mol. The fraction of sp³-hybridized carbons (Fsp3) is 0.333. The highest BCUT2D eigenvalue weighted by atomic mass is 35.5. The Morgan fingerprint density at radius 2 is 1.60 bits per heavy atom. The molecule has 2 N–H and O–H groups in total. The van der Waals surface area contributed by atoms with Crippen LogP contribution in [0.4, 0.5) is 17.6 Å². The van der Waals surface area contributed by atoms with Crippen molar-refractivity contribution in [2.45, 2.75) is 56.9 Å². The smallest absolute Gasteiger partial charge is 0.364 e. The van der Waals surface area contributed by atoms with Crippen molar-refractivity contribution in [2.24, 2.45) is 5.73 Å². The predicted molar refractivity (Wildman–Crippen MR) is 161 cm³/mol. The highest BCUT2D eigenvalue weighted by Crippen LogP contribution is 2.43. The molecule has 0 aliphatic carbocycles. The first-order valence-corrected chi connectivity index (χ1v) is 15.0. The monoisotopic (exact) mass is 642 g/mol. The second-order valence-electron chi connectivity index (χ2n) is 11.6. The van der Waals surface area contributed by atoms with E-state index in [1.165, 1.54) is 0 Å². The van der Waals surface area contributed by atoms with E-state index in [4.69, 9.17) is 22.1 Å². The Bertz CT molecular complexity index is 1820. The van der Waals surface area contributed by atoms with Gasteiger partial charge in [-0.05, 0) is 48.2 Å². The second-order valence-corrected chi connectivity index (χ2v) is 12.0. The molecule has 1 fully saturated rings. The molecule has 12 heteroatoms. The van der Waals surface area contributed by atoms with Gasteiger partial charge in [0.2, 0.25) is 0 Å². The fourth-order valence-corrected chi connectivity index (χ4v) is 6.54. The molecule has 1 atom stereocenters. The van der Waals surface area contributed by atoms with E-state index in [2.05, 4.69) is 4.90 Å². The fourth-order valence-electron chi connectivity index (χ4n) is 6.41. The zero-order chi connectivity index (χ0) is 31.9. The number of rotatable bonds is 7. The lowest BCUT2D eigenvalue weighted by atomic mass is 9.85. The van der Waals surface area contributed by atoms with E-state index >= 15 is 4.39 Å². The molecule has 236 valence electrons. The van der Waals surface area contributed by atoms with E-state index in [1.807, 2.05) is 24.3 Å². The van der Waals surface area contributed by atoms with Gasteiger partial charge >= 0.3 is 11.9 Å². The average Bonchev–Trinajstić information content (AvgIpc) is 3.38. The molecule has 0 amide bonds. The molecule has 0 saturated carbocycles. The lowest BCUT2D eigenvalue weighted by Crippen LogP contribution is -2.49. The Labute approximate surface area is 261 Å². The maximum atomic E-state index is 15.0. The minimum Gasteiger partial charge on any atom is -0.364 e. The van der Waals surface area contributed by atoms with Gasteiger partial charge < -0.3 is 10.5 Å². The summed E-state index contributed by atoms with van der Waals surface area (Å²) < 4.78 is 65.1.